The van der Waals surface area contributed by atoms with Crippen LogP contribution in [-0.2, 0) is 16.0 Å². The van der Waals surface area contributed by atoms with E-state index in [4.69, 9.17) is 0 Å². The van der Waals surface area contributed by atoms with Crippen LogP contribution < -0.4 is 5.32 Å². The molecule has 6 heteroatoms. The minimum Gasteiger partial charge on any atom is -0.480 e. The minimum absolute atomic E-state index is 0.126. The van der Waals surface area contributed by atoms with E-state index >= 15 is 0 Å². The lowest BCUT2D eigenvalue weighted by Crippen LogP contribution is -2.47. The predicted molar refractivity (Wildman–Crippen MR) is 111 cm³/mol. The van der Waals surface area contributed by atoms with Crippen LogP contribution in [0.2, 0.25) is 0 Å². The molecule has 1 aliphatic carbocycles. The largest absolute Gasteiger partial charge is 0.480 e. The molecule has 0 radical (unpaired) electrons. The summed E-state index contributed by atoms with van der Waals surface area (Å²) in [5.41, 5.74) is 3.08. The third kappa shape index (κ3) is 3.83. The Balaban J connectivity index is 1.38. The number of benzene rings is 2. The van der Waals surface area contributed by atoms with E-state index in [1.807, 2.05) is 42.6 Å². The number of aliphatic carboxylic acids is 1. The van der Waals surface area contributed by atoms with Crippen LogP contribution in [0.3, 0.4) is 0 Å². The van der Waals surface area contributed by atoms with Gasteiger partial charge in [-0.3, -0.25) is 4.79 Å². The Hall–Kier alpha value is -2.60. The van der Waals surface area contributed by atoms with Crippen LogP contribution in [0.1, 0.15) is 29.9 Å². The molecule has 1 fully saturated rings. The van der Waals surface area contributed by atoms with Crippen molar-refractivity contribution in [3.63, 3.8) is 0 Å². The number of fused-ring (bicyclic) bond motifs is 1. The average molecular weight is 441 g/mol. The van der Waals surface area contributed by atoms with E-state index in [9.17, 15) is 14.7 Å². The molecule has 3 aromatic rings. The van der Waals surface area contributed by atoms with Gasteiger partial charge in [-0.05, 0) is 48.1 Å². The molecule has 144 valence electrons. The summed E-state index contributed by atoms with van der Waals surface area (Å²) in [4.78, 5) is 27.4. The van der Waals surface area contributed by atoms with E-state index in [1.165, 1.54) is 5.56 Å². The molecular weight excluding hydrogens is 420 g/mol. The number of halogens is 1. The van der Waals surface area contributed by atoms with Gasteiger partial charge in [-0.2, -0.15) is 0 Å². The lowest BCUT2D eigenvalue weighted by molar-refractivity contribution is -0.143. The molecule has 1 heterocycles. The van der Waals surface area contributed by atoms with Crippen molar-refractivity contribution in [2.75, 3.05) is 0 Å². The minimum atomic E-state index is -1.01. The van der Waals surface area contributed by atoms with Crippen molar-refractivity contribution in [1.82, 2.24) is 10.3 Å². The molecular formula is C22H21BrN2O3. The zero-order valence-electron chi connectivity index (χ0n) is 15.2. The van der Waals surface area contributed by atoms with E-state index < -0.39 is 12.0 Å². The molecule has 0 spiro atoms. The number of aromatic nitrogens is 1. The Morgan fingerprint density at radius 3 is 2.57 bits per heavy atom. The first kappa shape index (κ1) is 18.7. The molecule has 4 rings (SSSR count). The predicted octanol–water partition coefficient (Wildman–Crippen LogP) is 4.24. The summed E-state index contributed by atoms with van der Waals surface area (Å²) in [6, 6.07) is 15.0. The van der Waals surface area contributed by atoms with E-state index in [0.29, 0.717) is 5.92 Å². The van der Waals surface area contributed by atoms with Crippen molar-refractivity contribution in [2.45, 2.75) is 31.2 Å². The van der Waals surface area contributed by atoms with Gasteiger partial charge in [-0.1, -0.05) is 46.3 Å². The number of carboxylic acid groups (broad SMARTS) is 1. The van der Waals surface area contributed by atoms with Gasteiger partial charge in [0.05, 0.1) is 0 Å². The van der Waals surface area contributed by atoms with Gasteiger partial charge in [0.1, 0.15) is 6.04 Å². The first-order chi connectivity index (χ1) is 13.5. The first-order valence-electron chi connectivity index (χ1n) is 9.35. The van der Waals surface area contributed by atoms with Crippen LogP contribution in [0.5, 0.6) is 0 Å². The normalized spacial score (nSPS) is 19.8. The molecule has 5 nitrogen and oxygen atoms in total. The smallest absolute Gasteiger partial charge is 0.326 e. The first-order valence-corrected chi connectivity index (χ1v) is 10.1. The van der Waals surface area contributed by atoms with Crippen LogP contribution in [0.25, 0.3) is 10.9 Å². The maximum Gasteiger partial charge on any atom is 0.326 e. The van der Waals surface area contributed by atoms with Gasteiger partial charge in [0.15, 0.2) is 0 Å². The molecule has 1 aromatic heterocycles. The molecule has 0 bridgehead atoms. The second-order valence-corrected chi connectivity index (χ2v) is 8.30. The van der Waals surface area contributed by atoms with Gasteiger partial charge in [0, 0.05) is 33.9 Å². The number of hydrogen-bond donors (Lipinski definition) is 3. The number of aromatic amines is 1. The molecule has 0 saturated heterocycles. The maximum atomic E-state index is 12.6. The quantitative estimate of drug-likeness (QED) is 0.535. The number of rotatable bonds is 6. The van der Waals surface area contributed by atoms with Crippen LogP contribution in [0.4, 0.5) is 0 Å². The number of nitrogens with one attached hydrogen (secondary N) is 2. The number of carbonyl (C=O) groups is 2. The van der Waals surface area contributed by atoms with Crippen LogP contribution >= 0.6 is 15.9 Å². The molecule has 1 aliphatic rings. The number of H-pyrrole nitrogens is 1. The highest BCUT2D eigenvalue weighted by atomic mass is 79.9. The van der Waals surface area contributed by atoms with Gasteiger partial charge in [-0.15, -0.1) is 0 Å². The Bertz CT molecular complexity index is 1010. The molecule has 1 amide bonds. The van der Waals surface area contributed by atoms with Crippen molar-refractivity contribution in [3.05, 3.63) is 70.3 Å². The monoisotopic (exact) mass is 440 g/mol. The Morgan fingerprint density at radius 1 is 1.14 bits per heavy atom. The molecule has 2 aromatic carbocycles. The average Bonchev–Trinajstić information content (AvgIpc) is 3.04. The van der Waals surface area contributed by atoms with Crippen molar-refractivity contribution in [3.8, 4) is 0 Å². The van der Waals surface area contributed by atoms with E-state index in [1.54, 1.807) is 0 Å². The topological polar surface area (TPSA) is 82.2 Å². The molecule has 1 unspecified atom stereocenters. The van der Waals surface area contributed by atoms with Gasteiger partial charge < -0.3 is 15.4 Å². The summed E-state index contributed by atoms with van der Waals surface area (Å²) in [5, 5.41) is 13.3. The third-order valence-electron chi connectivity index (χ3n) is 5.56. The second kappa shape index (κ2) is 7.80. The van der Waals surface area contributed by atoms with Gasteiger partial charge >= 0.3 is 5.97 Å². The summed E-state index contributed by atoms with van der Waals surface area (Å²) < 4.78 is 1.03. The number of hydrogen-bond acceptors (Lipinski definition) is 2. The summed E-state index contributed by atoms with van der Waals surface area (Å²) in [7, 11) is 0. The van der Waals surface area contributed by atoms with Crippen LogP contribution in [-0.4, -0.2) is 28.0 Å². The summed E-state index contributed by atoms with van der Waals surface area (Å²) in [6.45, 7) is 0. The standard InChI is InChI=1S/C22H21BrN2O3/c23-17-7-5-13(6-8-17)14-9-15(10-14)21(26)25-20(22(27)28)11-16-12-24-19-4-2-1-3-18(16)19/h1-8,12,14-15,20,24H,9-11H2,(H,25,26)(H,27,28). The zero-order chi connectivity index (χ0) is 19.7. The number of amides is 1. The number of para-hydroxylation sites is 1. The van der Waals surface area contributed by atoms with Crippen molar-refractivity contribution in [1.29, 1.82) is 0 Å². The number of carbonyl (C=O) groups excluding carboxylic acids is 1. The van der Waals surface area contributed by atoms with Gasteiger partial charge in [0.2, 0.25) is 5.91 Å². The summed E-state index contributed by atoms with van der Waals surface area (Å²) in [5.74, 6) is -0.942. The highest BCUT2D eigenvalue weighted by Gasteiger charge is 2.36. The van der Waals surface area contributed by atoms with Gasteiger partial charge in [0.25, 0.3) is 0 Å². The molecule has 3 N–H and O–H groups in total. The van der Waals surface area contributed by atoms with Crippen molar-refractivity contribution >= 4 is 38.7 Å². The Morgan fingerprint density at radius 2 is 1.86 bits per heavy atom. The molecule has 28 heavy (non-hydrogen) atoms. The lowest BCUT2D eigenvalue weighted by atomic mass is 9.71. The Kier molecular flexibility index (Phi) is 5.22. The Labute approximate surface area is 171 Å². The third-order valence-corrected chi connectivity index (χ3v) is 6.09. The van der Waals surface area contributed by atoms with Gasteiger partial charge in [-0.25, -0.2) is 4.79 Å². The SMILES string of the molecule is O=C(NC(Cc1c[nH]c2ccccc12)C(=O)O)C1CC(c2ccc(Br)cc2)C1. The highest BCUT2D eigenvalue weighted by molar-refractivity contribution is 9.10. The van der Waals surface area contributed by atoms with Crippen molar-refractivity contribution in [2.24, 2.45) is 5.92 Å². The number of carboxylic acids is 1. The van der Waals surface area contributed by atoms with Crippen molar-refractivity contribution < 1.29 is 14.7 Å². The zero-order valence-corrected chi connectivity index (χ0v) is 16.8. The van der Waals surface area contributed by atoms with E-state index in [-0.39, 0.29) is 18.2 Å². The summed E-state index contributed by atoms with van der Waals surface area (Å²) in [6.07, 6.45) is 3.59. The molecule has 1 saturated carbocycles. The van der Waals surface area contributed by atoms with E-state index in [0.717, 1.165) is 33.8 Å². The van der Waals surface area contributed by atoms with Crippen LogP contribution in [0, 0.1) is 5.92 Å². The highest BCUT2D eigenvalue weighted by Crippen LogP contribution is 2.42. The second-order valence-electron chi connectivity index (χ2n) is 7.38. The maximum absolute atomic E-state index is 12.6. The summed E-state index contributed by atoms with van der Waals surface area (Å²) >= 11 is 3.43. The fourth-order valence-electron chi connectivity index (χ4n) is 3.85. The molecule has 1 atom stereocenters. The fourth-order valence-corrected chi connectivity index (χ4v) is 4.11. The lowest BCUT2D eigenvalue weighted by Gasteiger charge is -2.35. The molecule has 0 aliphatic heterocycles. The van der Waals surface area contributed by atoms with Crippen LogP contribution in [0.15, 0.2) is 59.2 Å². The van der Waals surface area contributed by atoms with E-state index in [2.05, 4.69) is 38.4 Å². The fraction of sp³-hybridized carbons (Fsp3) is 0.273.